The Kier molecular flexibility index (Phi) is 46.1. The molecule has 1 rings (SSSR count). The van der Waals surface area contributed by atoms with Crippen molar-refractivity contribution in [2.24, 2.45) is 0 Å². The van der Waals surface area contributed by atoms with Crippen molar-refractivity contribution in [2.45, 2.75) is 36.6 Å². The molecule has 6 atom stereocenters. The van der Waals surface area contributed by atoms with Crippen LogP contribution in [0.2, 0.25) is 0 Å². The Bertz CT molecular complexity index is 716. The Morgan fingerprint density at radius 3 is 0.722 bits per heavy atom. The molecule has 0 amide bonds. The van der Waals surface area contributed by atoms with Crippen molar-refractivity contribution in [3.05, 3.63) is 0 Å². The second kappa shape index (κ2) is 26.3. The molecule has 2 unspecified atom stereocenters. The molecule has 1 fully saturated rings. The normalized spacial score (nSPS) is 25.7. The molecule has 1 aliphatic rings. The van der Waals surface area contributed by atoms with Crippen molar-refractivity contribution in [2.75, 3.05) is 0 Å². The first-order valence-corrected chi connectivity index (χ1v) is 12.6. The maximum absolute atomic E-state index is 11.1. The summed E-state index contributed by atoms with van der Waals surface area (Å²) in [6.07, 6.45) is -15.9. The Labute approximate surface area is 381 Å². The monoisotopic (exact) mass is 684 g/mol. The van der Waals surface area contributed by atoms with E-state index in [-0.39, 0.29) is 236 Å². The van der Waals surface area contributed by atoms with Crippen LogP contribution in [0.25, 0.3) is 0 Å². The number of aliphatic hydroxyl groups is 2. The predicted octanol–water partition coefficient (Wildman–Crippen LogP) is -27.3. The van der Waals surface area contributed by atoms with Crippen molar-refractivity contribution >= 4 is 31.3 Å². The topological polar surface area (TPSA) is 308 Å². The minimum Gasteiger partial charge on any atom is -0.387 e. The summed E-state index contributed by atoms with van der Waals surface area (Å²) in [5.41, 5.74) is 0. The van der Waals surface area contributed by atoms with Crippen LogP contribution in [-0.2, 0) is 36.4 Å². The van der Waals surface area contributed by atoms with Crippen LogP contribution in [0.3, 0.4) is 0 Å². The molecule has 0 aromatic rings. The van der Waals surface area contributed by atoms with Crippen LogP contribution in [0, 0.1) is 0 Å². The average molecular weight is 684 g/mol. The van der Waals surface area contributed by atoms with E-state index >= 15 is 0 Å². The van der Waals surface area contributed by atoms with E-state index < -0.39 is 67.9 Å². The fraction of sp³-hybridized carbons (Fsp3) is 1.00. The number of hydrogen-bond donors (Lipinski definition) is 10. The first kappa shape index (κ1) is 63.1. The van der Waals surface area contributed by atoms with E-state index in [1.54, 1.807) is 0 Å². The van der Waals surface area contributed by atoms with E-state index in [4.69, 9.17) is 39.1 Å². The SMILES string of the molecule is O=P(O)(O)OC1[C@H](O)[C@H](OP(=O)(O)O)C(OP(=O)(O)O)[C@H](OP(=O)(O)O)[C@H]1O.[Na+].[Na+].[Na+].[Na+].[Na+].[Na+].[Na+].[Na+]. The minimum atomic E-state index is -5.64. The summed E-state index contributed by atoms with van der Waals surface area (Å²) in [5, 5.41) is 20.1. The van der Waals surface area contributed by atoms with Gasteiger partial charge in [-0.25, -0.2) is 18.3 Å². The Balaban J connectivity index is -0.000000163. The Morgan fingerprint density at radius 1 is 0.361 bits per heavy atom. The van der Waals surface area contributed by atoms with Crippen LogP contribution >= 0.6 is 31.3 Å². The van der Waals surface area contributed by atoms with Gasteiger partial charge < -0.3 is 49.4 Å². The molecule has 1 saturated carbocycles. The molecule has 0 aromatic heterocycles. The number of phosphoric ester groups is 4. The maximum Gasteiger partial charge on any atom is 1.00 e. The molecule has 0 aliphatic heterocycles. The smallest absolute Gasteiger partial charge is 0.387 e. The number of phosphoric acid groups is 4. The number of hydrogen-bond acceptors (Lipinski definition) is 10. The van der Waals surface area contributed by atoms with Gasteiger partial charge in [-0.3, -0.25) is 18.1 Å². The first-order chi connectivity index (χ1) is 12.2. The molecular weight excluding hydrogens is 668 g/mol. The van der Waals surface area contributed by atoms with Gasteiger partial charge in [0.25, 0.3) is 0 Å². The molecule has 36 heavy (non-hydrogen) atoms. The number of rotatable bonds is 8. The van der Waals surface area contributed by atoms with Crippen molar-refractivity contribution in [1.29, 1.82) is 0 Å². The summed E-state index contributed by atoms with van der Waals surface area (Å²) in [7, 11) is -22.4. The molecule has 0 saturated heterocycles. The zero-order valence-corrected chi connectivity index (χ0v) is 40.6. The molecule has 168 valence electrons. The molecule has 0 bridgehead atoms. The van der Waals surface area contributed by atoms with E-state index in [9.17, 15) is 28.5 Å². The van der Waals surface area contributed by atoms with Gasteiger partial charge in [0.05, 0.1) is 0 Å². The molecule has 30 heteroatoms. The van der Waals surface area contributed by atoms with Crippen LogP contribution in [0.1, 0.15) is 0 Å². The van der Waals surface area contributed by atoms with Gasteiger partial charge in [0.1, 0.15) is 36.6 Å². The van der Waals surface area contributed by atoms with E-state index in [2.05, 4.69) is 18.1 Å². The predicted molar refractivity (Wildman–Crippen MR) is 79.7 cm³/mol. The quantitative estimate of drug-likeness (QED) is 0.0838. The van der Waals surface area contributed by atoms with Gasteiger partial charge in [0.2, 0.25) is 0 Å². The molecular formula is C6H16Na8O18P4+8. The first-order valence-electron chi connectivity index (χ1n) is 6.52. The van der Waals surface area contributed by atoms with Crippen molar-refractivity contribution < 1.29 is 322 Å². The molecule has 18 nitrogen and oxygen atoms in total. The van der Waals surface area contributed by atoms with Crippen molar-refractivity contribution in [3.63, 3.8) is 0 Å². The summed E-state index contributed by atoms with van der Waals surface area (Å²) in [6.45, 7) is 0. The molecule has 0 heterocycles. The zero-order valence-electron chi connectivity index (χ0n) is 21.0. The van der Waals surface area contributed by atoms with Gasteiger partial charge in [-0.1, -0.05) is 0 Å². The van der Waals surface area contributed by atoms with Gasteiger partial charge in [-0.05, 0) is 0 Å². The molecule has 0 radical (unpaired) electrons. The van der Waals surface area contributed by atoms with E-state index in [0.717, 1.165) is 0 Å². The third-order valence-corrected chi connectivity index (χ3v) is 5.10. The summed E-state index contributed by atoms with van der Waals surface area (Å²) in [6, 6.07) is 0. The second-order valence-electron chi connectivity index (χ2n) is 5.22. The van der Waals surface area contributed by atoms with Gasteiger partial charge in [0.15, 0.2) is 0 Å². The molecule has 0 spiro atoms. The van der Waals surface area contributed by atoms with E-state index in [0.29, 0.717) is 0 Å². The van der Waals surface area contributed by atoms with Crippen molar-refractivity contribution in [1.82, 2.24) is 0 Å². The summed E-state index contributed by atoms with van der Waals surface area (Å²) < 4.78 is 60.5. The van der Waals surface area contributed by atoms with Gasteiger partial charge in [0, 0.05) is 0 Å². The minimum absolute atomic E-state index is 0. The largest absolute Gasteiger partial charge is 1.00 e. The fourth-order valence-electron chi connectivity index (χ4n) is 2.28. The van der Waals surface area contributed by atoms with Crippen molar-refractivity contribution in [3.8, 4) is 0 Å². The maximum atomic E-state index is 11.1. The van der Waals surface area contributed by atoms with Crippen LogP contribution in [-0.4, -0.2) is 86.0 Å². The van der Waals surface area contributed by atoms with Gasteiger partial charge >= 0.3 is 268 Å². The standard InChI is InChI=1S/C6H16O18P4.8Na/c7-1-3(21-25(9,10)11)2(8)5(23-27(15,16)17)6(24-28(18,19)20)4(1)22-26(12,13)14;;;;;;;;/h1-8H,(H2,9,10,11)(H2,12,13,14)(H2,15,16,17)(H2,18,19,20);;;;;;;;/q;8*+1/t1-,2-,3?,4-,5+,6?;;;;;;;;/m0......../s1. The second-order valence-corrected chi connectivity index (χ2v) is 9.99. The fourth-order valence-corrected chi connectivity index (χ4v) is 4.52. The Morgan fingerprint density at radius 2 is 0.528 bits per heavy atom. The van der Waals surface area contributed by atoms with Gasteiger partial charge in [-0.15, -0.1) is 0 Å². The zero-order chi connectivity index (χ0) is 22.3. The van der Waals surface area contributed by atoms with Crippen LogP contribution in [0.5, 0.6) is 0 Å². The number of aliphatic hydroxyl groups excluding tert-OH is 2. The Hall–Kier alpha value is 8.36. The van der Waals surface area contributed by atoms with E-state index in [1.807, 2.05) is 0 Å². The molecule has 10 N–H and O–H groups in total. The summed E-state index contributed by atoms with van der Waals surface area (Å²) in [4.78, 5) is 71.0. The summed E-state index contributed by atoms with van der Waals surface area (Å²) >= 11 is 0. The van der Waals surface area contributed by atoms with Crippen LogP contribution < -0.4 is 236 Å². The third kappa shape index (κ3) is 26.4. The molecule has 0 aromatic carbocycles. The van der Waals surface area contributed by atoms with Crippen LogP contribution in [0.15, 0.2) is 0 Å². The molecule has 1 aliphatic carbocycles. The van der Waals surface area contributed by atoms with Crippen LogP contribution in [0.4, 0.5) is 0 Å². The summed E-state index contributed by atoms with van der Waals surface area (Å²) in [5.74, 6) is 0. The third-order valence-electron chi connectivity index (χ3n) is 3.03. The average Bonchev–Trinajstić information content (AvgIpc) is 2.39. The van der Waals surface area contributed by atoms with Gasteiger partial charge in [-0.2, -0.15) is 0 Å². The van der Waals surface area contributed by atoms with E-state index in [1.165, 1.54) is 0 Å².